The average molecular weight is 258 g/mol. The van der Waals surface area contributed by atoms with Crippen molar-refractivity contribution in [1.82, 2.24) is 10.6 Å². The lowest BCUT2D eigenvalue weighted by Crippen LogP contribution is -2.42. The molecular formula is C11H18N2O5. The Hall–Kier alpha value is -1.79. The summed E-state index contributed by atoms with van der Waals surface area (Å²) in [6, 6.07) is -1.18. The highest BCUT2D eigenvalue weighted by Crippen LogP contribution is 2.13. The number of hydrogen-bond donors (Lipinski definition) is 3. The number of nitrogens with one attached hydrogen (secondary N) is 2. The third kappa shape index (κ3) is 4.60. The lowest BCUT2D eigenvalue weighted by molar-refractivity contribution is -0.137. The van der Waals surface area contributed by atoms with E-state index in [-0.39, 0.29) is 18.7 Å². The Balaban J connectivity index is 2.46. The van der Waals surface area contributed by atoms with Crippen molar-refractivity contribution in [2.75, 3.05) is 0 Å². The van der Waals surface area contributed by atoms with E-state index in [2.05, 4.69) is 10.6 Å². The zero-order valence-corrected chi connectivity index (χ0v) is 10.6. The number of amides is 2. The van der Waals surface area contributed by atoms with Gasteiger partial charge in [-0.3, -0.25) is 9.59 Å². The van der Waals surface area contributed by atoms with Crippen LogP contribution in [0.3, 0.4) is 0 Å². The molecule has 1 aliphatic rings. The molecule has 2 atom stereocenters. The van der Waals surface area contributed by atoms with Gasteiger partial charge in [0.15, 0.2) is 0 Å². The molecule has 1 fully saturated rings. The van der Waals surface area contributed by atoms with Gasteiger partial charge in [0, 0.05) is 6.04 Å². The first-order valence-electron chi connectivity index (χ1n) is 5.69. The van der Waals surface area contributed by atoms with Gasteiger partial charge in [-0.2, -0.15) is 0 Å². The number of alkyl carbamates (subject to hydrolysis) is 1. The quantitative estimate of drug-likeness (QED) is 0.672. The average Bonchev–Trinajstić information content (AvgIpc) is 2.41. The van der Waals surface area contributed by atoms with Gasteiger partial charge < -0.3 is 20.5 Å². The van der Waals surface area contributed by atoms with Crippen molar-refractivity contribution in [1.29, 1.82) is 0 Å². The van der Waals surface area contributed by atoms with E-state index in [0.717, 1.165) is 0 Å². The topological polar surface area (TPSA) is 105 Å². The molecule has 0 aliphatic carbocycles. The molecule has 7 nitrogen and oxygen atoms in total. The number of carbonyl (C=O) groups excluding carboxylic acids is 2. The largest absolute Gasteiger partial charge is 0.481 e. The van der Waals surface area contributed by atoms with Gasteiger partial charge in [-0.25, -0.2) is 4.79 Å². The predicted octanol–water partition coefficient (Wildman–Crippen LogP) is 0.243. The lowest BCUT2D eigenvalue weighted by Gasteiger charge is -2.20. The van der Waals surface area contributed by atoms with E-state index in [1.54, 1.807) is 20.8 Å². The van der Waals surface area contributed by atoms with E-state index < -0.39 is 29.7 Å². The molecule has 0 aromatic heterocycles. The highest BCUT2D eigenvalue weighted by molar-refractivity contribution is 5.88. The molecule has 7 heteroatoms. The second-order valence-electron chi connectivity index (χ2n) is 5.24. The van der Waals surface area contributed by atoms with Gasteiger partial charge in [0.1, 0.15) is 11.6 Å². The molecule has 18 heavy (non-hydrogen) atoms. The molecule has 102 valence electrons. The van der Waals surface area contributed by atoms with Crippen LogP contribution in [0.5, 0.6) is 0 Å². The molecular weight excluding hydrogens is 240 g/mol. The van der Waals surface area contributed by atoms with Crippen LogP contribution in [0.4, 0.5) is 4.79 Å². The Labute approximate surface area is 105 Å². The molecule has 0 saturated carbocycles. The highest BCUT2D eigenvalue weighted by Gasteiger charge is 2.34. The van der Waals surface area contributed by atoms with E-state index in [1.807, 2.05) is 0 Å². The van der Waals surface area contributed by atoms with Crippen molar-refractivity contribution in [3.8, 4) is 0 Å². The fraction of sp³-hybridized carbons (Fsp3) is 0.727. The van der Waals surface area contributed by atoms with Crippen molar-refractivity contribution in [3.63, 3.8) is 0 Å². The number of carboxylic acid groups (broad SMARTS) is 1. The van der Waals surface area contributed by atoms with Gasteiger partial charge in [0.05, 0.1) is 6.42 Å². The summed E-state index contributed by atoms with van der Waals surface area (Å²) in [7, 11) is 0. The summed E-state index contributed by atoms with van der Waals surface area (Å²) in [6.07, 6.45) is -0.582. The minimum absolute atomic E-state index is 0.155. The molecule has 0 aromatic carbocycles. The molecule has 0 bridgehead atoms. The Kier molecular flexibility index (Phi) is 4.15. The zero-order valence-electron chi connectivity index (χ0n) is 10.6. The minimum Gasteiger partial charge on any atom is -0.481 e. The summed E-state index contributed by atoms with van der Waals surface area (Å²) in [6.45, 7) is 5.15. The van der Waals surface area contributed by atoms with Crippen molar-refractivity contribution in [2.24, 2.45) is 0 Å². The second-order valence-corrected chi connectivity index (χ2v) is 5.24. The third-order valence-electron chi connectivity index (χ3n) is 2.30. The molecule has 2 unspecified atom stereocenters. The molecule has 1 saturated heterocycles. The predicted molar refractivity (Wildman–Crippen MR) is 62.0 cm³/mol. The van der Waals surface area contributed by atoms with Crippen LogP contribution >= 0.6 is 0 Å². The first-order chi connectivity index (χ1) is 8.17. The smallest absolute Gasteiger partial charge is 0.408 e. The first-order valence-corrected chi connectivity index (χ1v) is 5.69. The molecule has 1 heterocycles. The molecule has 0 aromatic rings. The Morgan fingerprint density at radius 3 is 2.61 bits per heavy atom. The summed E-state index contributed by atoms with van der Waals surface area (Å²) >= 11 is 0. The normalized spacial score (nSPS) is 23.4. The van der Waals surface area contributed by atoms with Crippen LogP contribution in [-0.4, -0.2) is 40.8 Å². The van der Waals surface area contributed by atoms with Crippen molar-refractivity contribution in [2.45, 2.75) is 51.3 Å². The number of rotatable bonds is 3. The third-order valence-corrected chi connectivity index (χ3v) is 2.30. The van der Waals surface area contributed by atoms with Gasteiger partial charge in [-0.1, -0.05) is 0 Å². The molecule has 0 spiro atoms. The lowest BCUT2D eigenvalue weighted by atomic mass is 10.1. The van der Waals surface area contributed by atoms with E-state index in [4.69, 9.17) is 9.84 Å². The molecule has 3 N–H and O–H groups in total. The van der Waals surface area contributed by atoms with Gasteiger partial charge in [-0.15, -0.1) is 0 Å². The fourth-order valence-corrected chi connectivity index (χ4v) is 1.67. The van der Waals surface area contributed by atoms with Gasteiger partial charge in [0.2, 0.25) is 5.91 Å². The molecule has 1 rings (SSSR count). The number of hydrogen-bond acceptors (Lipinski definition) is 4. The van der Waals surface area contributed by atoms with Crippen LogP contribution in [0.15, 0.2) is 0 Å². The monoisotopic (exact) mass is 258 g/mol. The zero-order chi connectivity index (χ0) is 13.9. The van der Waals surface area contributed by atoms with Crippen molar-refractivity contribution < 1.29 is 24.2 Å². The Morgan fingerprint density at radius 2 is 2.11 bits per heavy atom. The van der Waals surface area contributed by atoms with E-state index in [0.29, 0.717) is 0 Å². The van der Waals surface area contributed by atoms with Crippen LogP contribution in [0.2, 0.25) is 0 Å². The standard InChI is InChI=1S/C11H18N2O5/c1-11(2,3)18-10(17)13-7-4-6(5-8(14)15)12-9(7)16/h6-7H,4-5H2,1-3H3,(H,12,16)(H,13,17)(H,14,15). The van der Waals surface area contributed by atoms with Crippen molar-refractivity contribution in [3.05, 3.63) is 0 Å². The maximum atomic E-state index is 11.5. The second kappa shape index (κ2) is 5.24. The summed E-state index contributed by atoms with van der Waals surface area (Å²) in [4.78, 5) is 33.5. The van der Waals surface area contributed by atoms with Crippen LogP contribution in [0.25, 0.3) is 0 Å². The van der Waals surface area contributed by atoms with Gasteiger partial charge in [-0.05, 0) is 27.2 Å². The first kappa shape index (κ1) is 14.3. The van der Waals surface area contributed by atoms with E-state index in [1.165, 1.54) is 0 Å². The van der Waals surface area contributed by atoms with Gasteiger partial charge in [0.25, 0.3) is 0 Å². The summed E-state index contributed by atoms with van der Waals surface area (Å²) in [5, 5.41) is 13.6. The van der Waals surface area contributed by atoms with Crippen molar-refractivity contribution >= 4 is 18.0 Å². The van der Waals surface area contributed by atoms with E-state index in [9.17, 15) is 14.4 Å². The number of carboxylic acids is 1. The maximum Gasteiger partial charge on any atom is 0.408 e. The van der Waals surface area contributed by atoms with Crippen LogP contribution in [0.1, 0.15) is 33.6 Å². The highest BCUT2D eigenvalue weighted by atomic mass is 16.6. The molecule has 0 radical (unpaired) electrons. The number of aliphatic carboxylic acids is 1. The maximum absolute atomic E-state index is 11.5. The molecule has 2 amide bonds. The molecule has 1 aliphatic heterocycles. The summed E-state index contributed by atoms with van der Waals surface area (Å²) < 4.78 is 5.02. The number of ether oxygens (including phenoxy) is 1. The fourth-order valence-electron chi connectivity index (χ4n) is 1.67. The van der Waals surface area contributed by atoms with Gasteiger partial charge >= 0.3 is 12.1 Å². The SMILES string of the molecule is CC(C)(C)OC(=O)NC1CC(CC(=O)O)NC1=O. The summed E-state index contributed by atoms with van der Waals surface area (Å²) in [5.41, 5.74) is -0.639. The van der Waals surface area contributed by atoms with Crippen LogP contribution in [-0.2, 0) is 14.3 Å². The number of carbonyl (C=O) groups is 3. The van der Waals surface area contributed by atoms with Crippen LogP contribution in [0, 0.1) is 0 Å². The Bertz CT molecular complexity index is 361. The van der Waals surface area contributed by atoms with E-state index >= 15 is 0 Å². The summed E-state index contributed by atoms with van der Waals surface area (Å²) in [5.74, 6) is -1.37. The van der Waals surface area contributed by atoms with Crippen LogP contribution < -0.4 is 10.6 Å². The minimum atomic E-state index is -0.988. The Morgan fingerprint density at radius 1 is 1.50 bits per heavy atom.